The molecule has 2 aromatic heterocycles. The van der Waals surface area contributed by atoms with Gasteiger partial charge in [-0.15, -0.1) is 0 Å². The molecule has 13 nitrogen and oxygen atoms in total. The summed E-state index contributed by atoms with van der Waals surface area (Å²) in [5.41, 5.74) is 0.950. The van der Waals surface area contributed by atoms with Crippen molar-refractivity contribution in [2.24, 2.45) is 12.9 Å². The lowest BCUT2D eigenvalue weighted by molar-refractivity contribution is -0.117. The van der Waals surface area contributed by atoms with Crippen LogP contribution in [0.2, 0.25) is 0 Å². The van der Waals surface area contributed by atoms with Crippen LogP contribution in [-0.4, -0.2) is 56.1 Å². The van der Waals surface area contributed by atoms with Crippen LogP contribution in [0.3, 0.4) is 0 Å². The van der Waals surface area contributed by atoms with E-state index in [4.69, 9.17) is 30.5 Å². The second-order valence-corrected chi connectivity index (χ2v) is 8.35. The van der Waals surface area contributed by atoms with E-state index in [1.54, 1.807) is 18.2 Å². The average Bonchev–Trinajstić information content (AvgIpc) is 3.57. The number of anilines is 3. The molecule has 0 unspecified atom stereocenters. The van der Waals surface area contributed by atoms with E-state index in [1.165, 1.54) is 19.4 Å². The molecule has 0 atom stereocenters. The summed E-state index contributed by atoms with van der Waals surface area (Å²) < 4.78 is 82.8. The van der Waals surface area contributed by atoms with E-state index in [2.05, 4.69) is 25.7 Å². The number of carbonyl (C=O) groups is 2. The largest absolute Gasteiger partial charge is 0.494 e. The highest BCUT2D eigenvalue weighted by atomic mass is 32.3. The van der Waals surface area contributed by atoms with Crippen molar-refractivity contribution in [1.82, 2.24) is 19.7 Å². The molecule has 1 fully saturated rings. The van der Waals surface area contributed by atoms with Crippen LogP contribution in [0.5, 0.6) is 5.75 Å². The number of aryl methyl sites for hydroxylation is 1. The standard InChI is InChI=1S/C22H24N6O3.H2O4S/c1-4-18(29)15-11-23-19(26-22(30)13-8-9-13)10-17(15)25-16-7-5-6-14(20(16)31-3)21-24-12-28(2)27-21;1-5(2,3)4/h5-7,10-13H,4,8-9H2,1-3H3,(H2,23,25,26,30);(H2,1,2,3,4)/i1D3,2D3;. The van der Waals surface area contributed by atoms with Gasteiger partial charge in [0.15, 0.2) is 17.4 Å². The third-order valence-corrected chi connectivity index (χ3v) is 4.79. The Morgan fingerprint density at radius 3 is 2.61 bits per heavy atom. The molecule has 0 aliphatic heterocycles. The lowest BCUT2D eigenvalue weighted by atomic mass is 10.1. The molecule has 1 aromatic carbocycles. The van der Waals surface area contributed by atoms with Gasteiger partial charge >= 0.3 is 10.4 Å². The van der Waals surface area contributed by atoms with Crippen LogP contribution in [-0.2, 0) is 22.2 Å². The Balaban J connectivity index is 0.000000892. The number of Topliss-reactive ketones (excluding diaryl/α,β-unsaturated/α-hetero) is 1. The molecule has 1 saturated carbocycles. The van der Waals surface area contributed by atoms with Crippen molar-refractivity contribution >= 4 is 39.3 Å². The van der Waals surface area contributed by atoms with Crippen LogP contribution in [0.1, 0.15) is 44.7 Å². The number of nitrogens with one attached hydrogen (secondary N) is 2. The second-order valence-electron chi connectivity index (χ2n) is 7.45. The Labute approximate surface area is 215 Å². The molecule has 1 aliphatic rings. The Morgan fingerprint density at radius 1 is 1.25 bits per heavy atom. The second kappa shape index (κ2) is 11.2. The van der Waals surface area contributed by atoms with E-state index in [-0.39, 0.29) is 40.5 Å². The maximum absolute atomic E-state index is 12.8. The maximum atomic E-state index is 12.8. The first kappa shape index (κ1) is 19.3. The van der Waals surface area contributed by atoms with Gasteiger partial charge in [0.2, 0.25) is 5.91 Å². The van der Waals surface area contributed by atoms with E-state index in [0.717, 1.165) is 23.9 Å². The molecule has 36 heavy (non-hydrogen) atoms. The summed E-state index contributed by atoms with van der Waals surface area (Å²) in [5, 5.41) is 9.80. The number of pyridine rings is 1. The SMILES string of the molecule is O=S(=O)(O)O.[2H]C([2H])([2H])CC(=O)c1cnc(NC(=O)C2CC2)cc1Nc1cccc(-c2ncn(C([2H])([2H])[2H])n2)c1OC. The van der Waals surface area contributed by atoms with Crippen LogP contribution in [0.25, 0.3) is 11.4 Å². The van der Waals surface area contributed by atoms with Crippen molar-refractivity contribution in [3.63, 3.8) is 0 Å². The Kier molecular flexibility index (Phi) is 6.03. The monoisotopic (exact) mass is 524 g/mol. The molecular formula is C22H26N6O7S. The highest BCUT2D eigenvalue weighted by molar-refractivity contribution is 7.79. The van der Waals surface area contributed by atoms with Crippen molar-refractivity contribution in [2.45, 2.75) is 26.1 Å². The molecule has 0 bridgehead atoms. The predicted molar refractivity (Wildman–Crippen MR) is 131 cm³/mol. The van der Waals surface area contributed by atoms with Crippen LogP contribution < -0.4 is 15.4 Å². The number of methoxy groups -OCH3 is 1. The Hall–Kier alpha value is -3.88. The third-order valence-electron chi connectivity index (χ3n) is 4.79. The van der Waals surface area contributed by atoms with Gasteiger partial charge in [-0.3, -0.25) is 23.4 Å². The van der Waals surface area contributed by atoms with Gasteiger partial charge in [0.25, 0.3) is 0 Å². The fraction of sp³-hybridized carbons (Fsp3) is 0.318. The van der Waals surface area contributed by atoms with Crippen LogP contribution in [0.4, 0.5) is 17.2 Å². The molecule has 2 heterocycles. The van der Waals surface area contributed by atoms with Gasteiger partial charge in [0.05, 0.1) is 29.6 Å². The smallest absolute Gasteiger partial charge is 0.394 e. The Bertz CT molecular complexity index is 1560. The number of aromatic nitrogens is 4. The number of ketones is 1. The molecule has 192 valence electrons. The molecule has 0 spiro atoms. The molecule has 0 radical (unpaired) electrons. The number of amides is 1. The first-order valence-corrected chi connectivity index (χ1v) is 11.7. The number of benzene rings is 1. The maximum Gasteiger partial charge on any atom is 0.394 e. The van der Waals surface area contributed by atoms with Gasteiger partial charge in [-0.1, -0.05) is 12.9 Å². The highest BCUT2D eigenvalue weighted by Gasteiger charge is 2.30. The normalized spacial score (nSPS) is 16.0. The summed E-state index contributed by atoms with van der Waals surface area (Å²) in [5.74, 6) is -0.381. The number of carbonyl (C=O) groups excluding carboxylic acids is 2. The molecule has 0 saturated heterocycles. The molecule has 1 amide bonds. The first-order valence-electron chi connectivity index (χ1n) is 13.3. The van der Waals surface area contributed by atoms with Crippen molar-refractivity contribution < 1.29 is 40.1 Å². The van der Waals surface area contributed by atoms with Crippen molar-refractivity contribution in [2.75, 3.05) is 17.7 Å². The van der Waals surface area contributed by atoms with E-state index in [9.17, 15) is 9.59 Å². The van der Waals surface area contributed by atoms with Gasteiger partial charge in [-0.05, 0) is 25.0 Å². The Morgan fingerprint density at radius 2 is 2.00 bits per heavy atom. The van der Waals surface area contributed by atoms with E-state index in [0.29, 0.717) is 11.3 Å². The first-order chi connectivity index (χ1) is 19.4. The number of rotatable bonds is 8. The third kappa shape index (κ3) is 7.31. The van der Waals surface area contributed by atoms with Gasteiger partial charge in [-0.2, -0.15) is 13.5 Å². The van der Waals surface area contributed by atoms with Gasteiger partial charge in [-0.25, -0.2) is 9.97 Å². The van der Waals surface area contributed by atoms with E-state index >= 15 is 0 Å². The minimum absolute atomic E-state index is 0.0119. The van der Waals surface area contributed by atoms with E-state index < -0.39 is 36.4 Å². The molecule has 1 aliphatic carbocycles. The van der Waals surface area contributed by atoms with Gasteiger partial charge in [0, 0.05) is 39.8 Å². The number of hydrogen-bond acceptors (Lipinski definition) is 9. The number of para-hydroxylation sites is 1. The molecule has 4 N–H and O–H groups in total. The van der Waals surface area contributed by atoms with Crippen LogP contribution >= 0.6 is 0 Å². The minimum atomic E-state index is -4.67. The molecule has 4 rings (SSSR count). The molecule has 14 heteroatoms. The number of ether oxygens (including phenoxy) is 1. The van der Waals surface area contributed by atoms with E-state index in [1.807, 2.05) is 0 Å². The fourth-order valence-electron chi connectivity index (χ4n) is 3.08. The molecular weight excluding hydrogens is 492 g/mol. The zero-order chi connectivity index (χ0) is 31.5. The average molecular weight is 525 g/mol. The lowest BCUT2D eigenvalue weighted by Crippen LogP contribution is -2.15. The zero-order valence-electron chi connectivity index (χ0n) is 24.8. The highest BCUT2D eigenvalue weighted by Crippen LogP contribution is 2.37. The number of nitrogens with zero attached hydrogens (tertiary/aromatic N) is 4. The molecule has 3 aromatic rings. The predicted octanol–water partition coefficient (Wildman–Crippen LogP) is 2.92. The minimum Gasteiger partial charge on any atom is -0.494 e. The summed E-state index contributed by atoms with van der Waals surface area (Å²) in [7, 11) is -3.26. The van der Waals surface area contributed by atoms with Crippen LogP contribution in [0, 0.1) is 5.92 Å². The topological polar surface area (TPSA) is 186 Å². The van der Waals surface area contributed by atoms with Crippen molar-refractivity contribution in [1.29, 1.82) is 0 Å². The zero-order valence-corrected chi connectivity index (χ0v) is 19.6. The lowest BCUT2D eigenvalue weighted by Gasteiger charge is -2.16. The number of hydrogen-bond donors (Lipinski definition) is 4. The van der Waals surface area contributed by atoms with Crippen molar-refractivity contribution in [3.8, 4) is 17.1 Å². The summed E-state index contributed by atoms with van der Waals surface area (Å²) in [4.78, 5) is 33.3. The van der Waals surface area contributed by atoms with Gasteiger partial charge < -0.3 is 15.4 Å². The summed E-state index contributed by atoms with van der Waals surface area (Å²) in [6, 6.07) is 6.37. The van der Waals surface area contributed by atoms with Gasteiger partial charge in [0.1, 0.15) is 12.1 Å². The van der Waals surface area contributed by atoms with Crippen LogP contribution in [0.15, 0.2) is 36.8 Å². The summed E-state index contributed by atoms with van der Waals surface area (Å²) in [6.45, 7) is -5.00. The summed E-state index contributed by atoms with van der Waals surface area (Å²) >= 11 is 0. The fourth-order valence-corrected chi connectivity index (χ4v) is 3.08. The quantitative estimate of drug-likeness (QED) is 0.251. The van der Waals surface area contributed by atoms with Crippen molar-refractivity contribution in [3.05, 3.63) is 42.4 Å². The summed E-state index contributed by atoms with van der Waals surface area (Å²) in [6.07, 6.45) is 3.19.